The first kappa shape index (κ1) is 14.1. The van der Waals surface area contributed by atoms with Crippen LogP contribution in [0.2, 0.25) is 0 Å². The largest absolute Gasteiger partial charge is 0.338 e. The van der Waals surface area contributed by atoms with Crippen molar-refractivity contribution in [1.29, 1.82) is 0 Å². The molecule has 0 spiro atoms. The highest BCUT2D eigenvalue weighted by Gasteiger charge is 2.30. The molecule has 3 rings (SSSR count). The van der Waals surface area contributed by atoms with Gasteiger partial charge in [-0.15, -0.1) is 11.3 Å². The molecule has 0 saturated carbocycles. The molecule has 2 aliphatic heterocycles. The number of nitrogens with zero attached hydrogens (tertiary/aromatic N) is 1. The van der Waals surface area contributed by atoms with E-state index in [0.717, 1.165) is 36.7 Å². The van der Waals surface area contributed by atoms with Crippen molar-refractivity contribution in [2.24, 2.45) is 5.92 Å². The topological polar surface area (TPSA) is 32.3 Å². The van der Waals surface area contributed by atoms with Crippen molar-refractivity contribution in [3.8, 4) is 0 Å². The molecule has 1 aromatic rings. The Labute approximate surface area is 125 Å². The summed E-state index contributed by atoms with van der Waals surface area (Å²) in [6.07, 6.45) is 4.96. The Morgan fingerprint density at radius 1 is 1.30 bits per heavy atom. The van der Waals surface area contributed by atoms with Gasteiger partial charge in [0.2, 0.25) is 0 Å². The van der Waals surface area contributed by atoms with E-state index < -0.39 is 0 Å². The van der Waals surface area contributed by atoms with Crippen LogP contribution in [0.1, 0.15) is 45.8 Å². The Balaban J connectivity index is 1.58. The molecule has 0 bridgehead atoms. The molecule has 110 valence electrons. The van der Waals surface area contributed by atoms with Crippen molar-refractivity contribution in [2.75, 3.05) is 19.6 Å². The number of thiophene rings is 1. The molecule has 0 aromatic carbocycles. The maximum absolute atomic E-state index is 12.5. The van der Waals surface area contributed by atoms with Gasteiger partial charge in [-0.3, -0.25) is 4.79 Å². The van der Waals surface area contributed by atoms with E-state index >= 15 is 0 Å². The number of hydrogen-bond acceptors (Lipinski definition) is 3. The Morgan fingerprint density at radius 2 is 2.05 bits per heavy atom. The molecule has 20 heavy (non-hydrogen) atoms. The van der Waals surface area contributed by atoms with Gasteiger partial charge in [-0.1, -0.05) is 0 Å². The second-order valence-electron chi connectivity index (χ2n) is 6.18. The summed E-state index contributed by atoms with van der Waals surface area (Å²) >= 11 is 1.64. The molecule has 2 fully saturated rings. The smallest absolute Gasteiger partial charge is 0.263 e. The summed E-state index contributed by atoms with van der Waals surface area (Å²) in [6, 6.07) is 2.76. The molecule has 4 heteroatoms. The normalized spacial score (nSPS) is 24.3. The van der Waals surface area contributed by atoms with Crippen molar-refractivity contribution in [3.63, 3.8) is 0 Å². The van der Waals surface area contributed by atoms with Crippen LogP contribution in [-0.4, -0.2) is 36.5 Å². The number of aryl methyl sites for hydroxylation is 2. The minimum Gasteiger partial charge on any atom is -0.338 e. The van der Waals surface area contributed by atoms with E-state index in [1.807, 2.05) is 6.07 Å². The van der Waals surface area contributed by atoms with Gasteiger partial charge in [0.15, 0.2) is 0 Å². The zero-order chi connectivity index (χ0) is 14.1. The number of nitrogens with one attached hydrogen (secondary N) is 1. The molecule has 0 radical (unpaired) electrons. The third-order valence-electron chi connectivity index (χ3n) is 4.87. The van der Waals surface area contributed by atoms with E-state index in [0.29, 0.717) is 6.04 Å². The number of rotatable bonds is 2. The number of carbonyl (C=O) groups excluding carboxylic acids is 1. The van der Waals surface area contributed by atoms with Gasteiger partial charge in [-0.2, -0.15) is 0 Å². The van der Waals surface area contributed by atoms with Crippen LogP contribution in [0.25, 0.3) is 0 Å². The first-order chi connectivity index (χ1) is 9.65. The summed E-state index contributed by atoms with van der Waals surface area (Å²) in [6.45, 7) is 7.21. The predicted octanol–water partition coefficient (Wildman–Crippen LogP) is 2.97. The van der Waals surface area contributed by atoms with Gasteiger partial charge in [0.05, 0.1) is 4.88 Å². The zero-order valence-electron chi connectivity index (χ0n) is 12.4. The molecular formula is C16H24N2OS. The molecule has 3 nitrogen and oxygen atoms in total. The fourth-order valence-electron chi connectivity index (χ4n) is 3.45. The zero-order valence-corrected chi connectivity index (χ0v) is 13.3. The lowest BCUT2D eigenvalue weighted by atomic mass is 9.88. The van der Waals surface area contributed by atoms with Gasteiger partial charge < -0.3 is 10.2 Å². The highest BCUT2D eigenvalue weighted by atomic mass is 32.1. The minimum atomic E-state index is 0.240. The van der Waals surface area contributed by atoms with Gasteiger partial charge in [0, 0.05) is 24.0 Å². The average molecular weight is 292 g/mol. The van der Waals surface area contributed by atoms with Crippen molar-refractivity contribution in [3.05, 3.63) is 21.4 Å². The fraction of sp³-hybridized carbons (Fsp3) is 0.688. The summed E-state index contributed by atoms with van der Waals surface area (Å²) in [5.74, 6) is 1.01. The Kier molecular flexibility index (Phi) is 4.13. The third-order valence-corrected chi connectivity index (χ3v) is 6.01. The van der Waals surface area contributed by atoms with Crippen molar-refractivity contribution in [1.82, 2.24) is 10.2 Å². The molecule has 1 amide bonds. The third kappa shape index (κ3) is 2.77. The monoisotopic (exact) mass is 292 g/mol. The van der Waals surface area contributed by atoms with Gasteiger partial charge >= 0.3 is 0 Å². The summed E-state index contributed by atoms with van der Waals surface area (Å²) in [7, 11) is 0. The van der Waals surface area contributed by atoms with Crippen LogP contribution in [-0.2, 0) is 0 Å². The van der Waals surface area contributed by atoms with Crippen molar-refractivity contribution in [2.45, 2.75) is 45.6 Å². The van der Waals surface area contributed by atoms with Crippen LogP contribution in [0.5, 0.6) is 0 Å². The fourth-order valence-corrected chi connectivity index (χ4v) is 4.46. The molecule has 1 atom stereocenters. The Bertz CT molecular complexity index is 463. The molecule has 1 N–H and O–H groups in total. The van der Waals surface area contributed by atoms with Crippen LogP contribution in [0, 0.1) is 19.8 Å². The minimum absolute atomic E-state index is 0.240. The maximum Gasteiger partial charge on any atom is 0.263 e. The van der Waals surface area contributed by atoms with Gasteiger partial charge in [0.25, 0.3) is 5.91 Å². The van der Waals surface area contributed by atoms with E-state index in [2.05, 4.69) is 24.1 Å². The van der Waals surface area contributed by atoms with Gasteiger partial charge in [-0.25, -0.2) is 0 Å². The van der Waals surface area contributed by atoms with E-state index in [1.165, 1.54) is 29.8 Å². The molecule has 1 unspecified atom stereocenters. The summed E-state index contributed by atoms with van der Waals surface area (Å²) in [5.41, 5.74) is 1.24. The van der Waals surface area contributed by atoms with Crippen LogP contribution >= 0.6 is 11.3 Å². The van der Waals surface area contributed by atoms with E-state index in [1.54, 1.807) is 11.3 Å². The van der Waals surface area contributed by atoms with E-state index in [-0.39, 0.29) is 5.91 Å². The summed E-state index contributed by atoms with van der Waals surface area (Å²) in [4.78, 5) is 16.7. The second-order valence-corrected chi connectivity index (χ2v) is 7.44. The Morgan fingerprint density at radius 3 is 2.60 bits per heavy atom. The molecule has 3 heterocycles. The van der Waals surface area contributed by atoms with Crippen LogP contribution in [0.4, 0.5) is 0 Å². The van der Waals surface area contributed by atoms with Crippen LogP contribution in [0.3, 0.4) is 0 Å². The quantitative estimate of drug-likeness (QED) is 0.909. The average Bonchev–Trinajstić information content (AvgIpc) is 3.09. The number of carbonyl (C=O) groups is 1. The lowest BCUT2D eigenvalue weighted by molar-refractivity contribution is 0.0679. The molecule has 2 aliphatic rings. The molecule has 1 aromatic heterocycles. The standard InChI is InChI=1S/C16H24N2OS/c1-11-10-15(20-12(11)2)16(19)18-8-5-13(6-9-18)14-4-3-7-17-14/h10,13-14,17H,3-9H2,1-2H3. The molecule has 0 aliphatic carbocycles. The molecular weight excluding hydrogens is 268 g/mol. The van der Waals surface area contributed by atoms with Crippen molar-refractivity contribution < 1.29 is 4.79 Å². The first-order valence-corrected chi connectivity index (χ1v) is 8.56. The van der Waals surface area contributed by atoms with Crippen LogP contribution in [0.15, 0.2) is 6.07 Å². The highest BCUT2D eigenvalue weighted by Crippen LogP contribution is 2.28. The van der Waals surface area contributed by atoms with E-state index in [4.69, 9.17) is 0 Å². The number of amides is 1. The second kappa shape index (κ2) is 5.86. The summed E-state index contributed by atoms with van der Waals surface area (Å²) in [5, 5.41) is 3.61. The van der Waals surface area contributed by atoms with Crippen LogP contribution < -0.4 is 5.32 Å². The predicted molar refractivity (Wildman–Crippen MR) is 83.4 cm³/mol. The number of hydrogen-bond donors (Lipinski definition) is 1. The van der Waals surface area contributed by atoms with E-state index in [9.17, 15) is 4.79 Å². The number of piperidine rings is 1. The summed E-state index contributed by atoms with van der Waals surface area (Å²) < 4.78 is 0. The van der Waals surface area contributed by atoms with Crippen molar-refractivity contribution >= 4 is 17.2 Å². The first-order valence-electron chi connectivity index (χ1n) is 7.75. The SMILES string of the molecule is Cc1cc(C(=O)N2CCC(C3CCCN3)CC2)sc1C. The highest BCUT2D eigenvalue weighted by molar-refractivity contribution is 7.14. The Hall–Kier alpha value is -0.870. The molecule has 2 saturated heterocycles. The lowest BCUT2D eigenvalue weighted by Gasteiger charge is -2.34. The lowest BCUT2D eigenvalue weighted by Crippen LogP contribution is -2.43. The van der Waals surface area contributed by atoms with Gasteiger partial charge in [-0.05, 0) is 63.6 Å². The van der Waals surface area contributed by atoms with Gasteiger partial charge in [0.1, 0.15) is 0 Å². The number of likely N-dealkylation sites (tertiary alicyclic amines) is 1. The maximum atomic E-state index is 12.5.